The predicted octanol–water partition coefficient (Wildman–Crippen LogP) is 4.61. The summed E-state index contributed by atoms with van der Waals surface area (Å²) in [4.78, 5) is 11.9. The molecule has 22 heavy (non-hydrogen) atoms. The van der Waals surface area contributed by atoms with Gasteiger partial charge in [-0.15, -0.1) is 0 Å². The molecule has 0 unspecified atom stereocenters. The molecule has 0 radical (unpaired) electrons. The zero-order valence-electron chi connectivity index (χ0n) is 14.0. The Kier molecular flexibility index (Phi) is 5.59. The molecule has 1 N–H and O–H groups in total. The Labute approximate surface area is 134 Å². The van der Waals surface area contributed by atoms with Gasteiger partial charge in [-0.05, 0) is 48.3 Å². The van der Waals surface area contributed by atoms with Crippen LogP contribution in [0.4, 0.5) is 0 Å². The number of nitrogens with one attached hydrogen (secondary N) is 1. The lowest BCUT2D eigenvalue weighted by atomic mass is 9.87. The predicted molar refractivity (Wildman–Crippen MR) is 93.7 cm³/mol. The van der Waals surface area contributed by atoms with E-state index in [9.17, 15) is 4.79 Å². The molecule has 1 aromatic carbocycles. The van der Waals surface area contributed by atoms with Crippen LogP contribution in [0.25, 0.3) is 6.08 Å². The molecule has 0 spiro atoms. The highest BCUT2D eigenvalue weighted by Gasteiger charge is 2.12. The number of rotatable bonds is 4. The van der Waals surface area contributed by atoms with Crippen molar-refractivity contribution in [2.75, 3.05) is 6.54 Å². The first-order valence-electron chi connectivity index (χ1n) is 8.19. The molecule has 0 saturated carbocycles. The van der Waals surface area contributed by atoms with Gasteiger partial charge in [0.2, 0.25) is 5.91 Å². The van der Waals surface area contributed by atoms with Gasteiger partial charge >= 0.3 is 0 Å². The number of benzene rings is 1. The summed E-state index contributed by atoms with van der Waals surface area (Å²) in [5.74, 6) is -0.0219. The van der Waals surface area contributed by atoms with Crippen LogP contribution in [0.3, 0.4) is 0 Å². The van der Waals surface area contributed by atoms with Gasteiger partial charge in [-0.3, -0.25) is 4.79 Å². The minimum atomic E-state index is -0.0219. The Morgan fingerprint density at radius 1 is 1.18 bits per heavy atom. The average molecular weight is 297 g/mol. The maximum absolute atomic E-state index is 11.9. The fourth-order valence-corrected chi connectivity index (χ4v) is 2.59. The Hall–Kier alpha value is -1.83. The maximum Gasteiger partial charge on any atom is 0.244 e. The largest absolute Gasteiger partial charge is 0.349 e. The first-order valence-corrected chi connectivity index (χ1v) is 8.19. The van der Waals surface area contributed by atoms with Crippen LogP contribution in [0.1, 0.15) is 57.6 Å². The van der Waals surface area contributed by atoms with Crippen LogP contribution in [-0.2, 0) is 10.2 Å². The molecule has 1 aromatic rings. The van der Waals surface area contributed by atoms with E-state index in [0.717, 1.165) is 18.4 Å². The van der Waals surface area contributed by atoms with Crippen LogP contribution >= 0.6 is 0 Å². The molecule has 1 aliphatic rings. The average Bonchev–Trinajstić information content (AvgIpc) is 2.51. The van der Waals surface area contributed by atoms with Crippen molar-refractivity contribution in [2.24, 2.45) is 0 Å². The second-order valence-corrected chi connectivity index (χ2v) is 7.03. The lowest BCUT2D eigenvalue weighted by Gasteiger charge is -2.18. The molecule has 1 amide bonds. The molecule has 0 aliphatic heterocycles. The van der Waals surface area contributed by atoms with Gasteiger partial charge in [0.05, 0.1) is 0 Å². The van der Waals surface area contributed by atoms with Gasteiger partial charge in [-0.25, -0.2) is 0 Å². The molecular formula is C20H27NO. The van der Waals surface area contributed by atoms with Gasteiger partial charge in [-0.1, -0.05) is 56.7 Å². The highest BCUT2D eigenvalue weighted by molar-refractivity contribution is 5.91. The molecule has 1 aliphatic carbocycles. The second-order valence-electron chi connectivity index (χ2n) is 7.03. The van der Waals surface area contributed by atoms with Crippen molar-refractivity contribution in [2.45, 2.75) is 51.9 Å². The van der Waals surface area contributed by atoms with Crippen molar-refractivity contribution in [1.29, 1.82) is 0 Å². The van der Waals surface area contributed by atoms with E-state index in [0.29, 0.717) is 6.54 Å². The van der Waals surface area contributed by atoms with Crippen molar-refractivity contribution < 1.29 is 4.79 Å². The van der Waals surface area contributed by atoms with Crippen molar-refractivity contribution in [3.8, 4) is 0 Å². The third kappa shape index (κ3) is 5.18. The summed E-state index contributed by atoms with van der Waals surface area (Å²) in [7, 11) is 0. The lowest BCUT2D eigenvalue weighted by molar-refractivity contribution is -0.116. The van der Waals surface area contributed by atoms with Gasteiger partial charge in [0, 0.05) is 12.6 Å². The molecular weight excluding hydrogens is 270 g/mol. The second kappa shape index (κ2) is 7.44. The summed E-state index contributed by atoms with van der Waals surface area (Å²) in [6.45, 7) is 7.29. The van der Waals surface area contributed by atoms with Crippen LogP contribution in [0, 0.1) is 0 Å². The number of carbonyl (C=O) groups is 1. The Morgan fingerprint density at radius 3 is 2.50 bits per heavy atom. The van der Waals surface area contributed by atoms with Crippen LogP contribution < -0.4 is 5.32 Å². The molecule has 2 rings (SSSR count). The normalized spacial score (nSPS) is 15.7. The molecule has 0 aromatic heterocycles. The number of hydrogen-bond acceptors (Lipinski definition) is 1. The SMILES string of the molecule is CC(C)(C)c1ccc(/C=C/C(=O)NCC2=CCCCC2)cc1. The molecule has 0 saturated heterocycles. The minimum absolute atomic E-state index is 0.0219. The maximum atomic E-state index is 11.9. The zero-order chi connectivity index (χ0) is 16.0. The highest BCUT2D eigenvalue weighted by atomic mass is 16.1. The molecule has 0 heterocycles. The lowest BCUT2D eigenvalue weighted by Crippen LogP contribution is -2.24. The topological polar surface area (TPSA) is 29.1 Å². The van der Waals surface area contributed by atoms with Crippen molar-refractivity contribution in [3.63, 3.8) is 0 Å². The summed E-state index contributed by atoms with van der Waals surface area (Å²) >= 11 is 0. The van der Waals surface area contributed by atoms with Gasteiger partial charge in [-0.2, -0.15) is 0 Å². The number of carbonyl (C=O) groups excluding carboxylic acids is 1. The quantitative estimate of drug-likeness (QED) is 0.638. The summed E-state index contributed by atoms with van der Waals surface area (Å²) in [5.41, 5.74) is 3.88. The standard InChI is InChI=1S/C20H27NO/c1-20(2,3)18-12-9-16(10-13-18)11-14-19(22)21-15-17-7-5-4-6-8-17/h7,9-14H,4-6,8,15H2,1-3H3,(H,21,22)/b14-11+. The summed E-state index contributed by atoms with van der Waals surface area (Å²) in [6.07, 6.45) is 10.6. The third-order valence-corrected chi connectivity index (χ3v) is 4.08. The molecule has 0 fully saturated rings. The van der Waals surface area contributed by atoms with Crippen LogP contribution in [0.5, 0.6) is 0 Å². The van der Waals surface area contributed by atoms with Crippen LogP contribution in [0.15, 0.2) is 42.0 Å². The smallest absolute Gasteiger partial charge is 0.244 e. The summed E-state index contributed by atoms with van der Waals surface area (Å²) in [6, 6.07) is 8.39. The van der Waals surface area contributed by atoms with E-state index in [1.807, 2.05) is 6.08 Å². The number of amides is 1. The molecule has 2 heteroatoms. The van der Waals surface area contributed by atoms with Gasteiger partial charge in [0.1, 0.15) is 0 Å². The van der Waals surface area contributed by atoms with E-state index < -0.39 is 0 Å². The van der Waals surface area contributed by atoms with Crippen molar-refractivity contribution in [3.05, 3.63) is 53.1 Å². The van der Waals surface area contributed by atoms with Gasteiger partial charge in [0.15, 0.2) is 0 Å². The molecule has 118 valence electrons. The van der Waals surface area contributed by atoms with E-state index in [1.165, 1.54) is 24.0 Å². The fourth-order valence-electron chi connectivity index (χ4n) is 2.59. The monoisotopic (exact) mass is 297 g/mol. The minimum Gasteiger partial charge on any atom is -0.349 e. The van der Waals surface area contributed by atoms with E-state index in [2.05, 4.69) is 56.4 Å². The number of hydrogen-bond donors (Lipinski definition) is 1. The first-order chi connectivity index (χ1) is 10.4. The Bertz CT molecular complexity index is 558. The zero-order valence-corrected chi connectivity index (χ0v) is 14.0. The summed E-state index contributed by atoms with van der Waals surface area (Å²) < 4.78 is 0. The van der Waals surface area contributed by atoms with Gasteiger partial charge < -0.3 is 5.32 Å². The molecule has 2 nitrogen and oxygen atoms in total. The fraction of sp³-hybridized carbons (Fsp3) is 0.450. The summed E-state index contributed by atoms with van der Waals surface area (Å²) in [5, 5.41) is 2.96. The Morgan fingerprint density at radius 2 is 1.91 bits per heavy atom. The molecule has 0 atom stereocenters. The number of allylic oxidation sites excluding steroid dienone is 1. The van der Waals surface area contributed by atoms with Crippen LogP contribution in [-0.4, -0.2) is 12.5 Å². The van der Waals surface area contributed by atoms with E-state index in [4.69, 9.17) is 0 Å². The third-order valence-electron chi connectivity index (χ3n) is 4.08. The van der Waals surface area contributed by atoms with Crippen LogP contribution in [0.2, 0.25) is 0 Å². The highest BCUT2D eigenvalue weighted by Crippen LogP contribution is 2.22. The molecule has 0 bridgehead atoms. The van der Waals surface area contributed by atoms with E-state index in [1.54, 1.807) is 6.08 Å². The van der Waals surface area contributed by atoms with Crippen molar-refractivity contribution >= 4 is 12.0 Å². The van der Waals surface area contributed by atoms with E-state index in [-0.39, 0.29) is 11.3 Å². The van der Waals surface area contributed by atoms with Crippen molar-refractivity contribution in [1.82, 2.24) is 5.32 Å². The van der Waals surface area contributed by atoms with E-state index >= 15 is 0 Å². The Balaban J connectivity index is 1.85. The first kappa shape index (κ1) is 16.5. The van der Waals surface area contributed by atoms with Gasteiger partial charge in [0.25, 0.3) is 0 Å².